The van der Waals surface area contributed by atoms with E-state index >= 15 is 0 Å². The van der Waals surface area contributed by atoms with Gasteiger partial charge in [-0.25, -0.2) is 19.6 Å². The van der Waals surface area contributed by atoms with E-state index in [-0.39, 0.29) is 0 Å². The third kappa shape index (κ3) is 6.76. The Balaban J connectivity index is 0.000000521. The molecule has 126 valence electrons. The average molecular weight is 490 g/mol. The largest absolute Gasteiger partial charge is 0.0622 e. The molecule has 0 bridgehead atoms. The zero-order chi connectivity index (χ0) is 17.6. The molecule has 0 aliphatic heterocycles. The molecule has 0 unspecified atom stereocenters. The first kappa shape index (κ1) is 20.9. The minimum atomic E-state index is -0.446. The van der Waals surface area contributed by atoms with E-state index in [1.54, 1.807) is 0 Å². The van der Waals surface area contributed by atoms with Crippen LogP contribution in [0.15, 0.2) is 104 Å². The van der Waals surface area contributed by atoms with Gasteiger partial charge in [0.2, 0.25) is 0 Å². The summed E-state index contributed by atoms with van der Waals surface area (Å²) in [4.78, 5) is 0. The van der Waals surface area contributed by atoms with Crippen molar-refractivity contribution < 1.29 is 17.2 Å². The quantitative estimate of drug-likeness (QED) is 0.266. The van der Waals surface area contributed by atoms with Crippen molar-refractivity contribution in [3.05, 3.63) is 111 Å². The smallest absolute Gasteiger partial charge is 0.0134 e. The second-order valence-corrected chi connectivity index (χ2v) is 6.85. The molecule has 0 aliphatic rings. The van der Waals surface area contributed by atoms with Gasteiger partial charge >= 0.3 is 30.6 Å². The van der Waals surface area contributed by atoms with Crippen LogP contribution in [0, 0.1) is 6.92 Å². The van der Waals surface area contributed by atoms with Crippen LogP contribution in [0.3, 0.4) is 0 Å². The molecule has 0 radical (unpaired) electrons. The molecule has 0 amide bonds. The number of hydrogen-bond acceptors (Lipinski definition) is 0. The van der Waals surface area contributed by atoms with Crippen LogP contribution in [0.5, 0.6) is 0 Å². The molecule has 0 N–H and O–H groups in total. The molecule has 3 heteroatoms. The van der Waals surface area contributed by atoms with Gasteiger partial charge in [-0.05, 0) is 23.8 Å². The van der Waals surface area contributed by atoms with Crippen molar-refractivity contribution in [3.8, 4) is 0 Å². The Bertz CT molecular complexity index is 578. The number of halogens is 1. The maximum atomic E-state index is 3.25. The van der Waals surface area contributed by atoms with Gasteiger partial charge in [-0.15, -0.1) is 0 Å². The fourth-order valence-corrected chi connectivity index (χ4v) is 4.48. The maximum absolute atomic E-state index is 3.25. The van der Waals surface area contributed by atoms with Crippen molar-refractivity contribution in [2.75, 3.05) is 0 Å². The zero-order valence-electron chi connectivity index (χ0n) is 13.3. The summed E-state index contributed by atoms with van der Waals surface area (Å²) in [5.74, 6) is 0. The first-order valence-corrected chi connectivity index (χ1v) is 12.2. The molecule has 24 heavy (non-hydrogen) atoms. The van der Waals surface area contributed by atoms with E-state index in [2.05, 4.69) is 135 Å². The van der Waals surface area contributed by atoms with Gasteiger partial charge in [0.05, 0.1) is 0 Å². The normalized spacial score (nSPS) is 9.17. The molecule has 0 spiro atoms. The van der Waals surface area contributed by atoms with E-state index < -0.39 is 7.92 Å². The third-order valence-electron chi connectivity index (χ3n) is 3.04. The molecule has 0 saturated heterocycles. The number of benzene rings is 3. The summed E-state index contributed by atoms with van der Waals surface area (Å²) in [6.45, 7) is 6.50. The molecule has 0 aromatic heterocycles. The SMILES string of the molecule is C=C[CH2-].[Br][Pd+].c1ccc(P(c2ccccc2)c2ccccc2)cc1. The molecule has 3 aromatic rings. The van der Waals surface area contributed by atoms with Crippen LogP contribution in [0.25, 0.3) is 0 Å². The maximum Gasteiger partial charge on any atom is -0.0134 e. The zero-order valence-corrected chi connectivity index (χ0v) is 17.3. The van der Waals surface area contributed by atoms with Crippen molar-refractivity contribution in [1.82, 2.24) is 0 Å². The van der Waals surface area contributed by atoms with Crippen molar-refractivity contribution in [2.45, 2.75) is 0 Å². The van der Waals surface area contributed by atoms with Crippen LogP contribution in [0.1, 0.15) is 0 Å². The van der Waals surface area contributed by atoms with Crippen molar-refractivity contribution in [3.63, 3.8) is 0 Å². The monoisotopic (exact) mass is 488 g/mol. The van der Waals surface area contributed by atoms with E-state index in [0.717, 1.165) is 0 Å². The fourth-order valence-electron chi connectivity index (χ4n) is 2.18. The van der Waals surface area contributed by atoms with E-state index in [9.17, 15) is 0 Å². The number of allylic oxidation sites excluding steroid dienone is 1. The van der Waals surface area contributed by atoms with Crippen molar-refractivity contribution >= 4 is 37.3 Å². The van der Waals surface area contributed by atoms with Gasteiger partial charge < -0.3 is 0 Å². The molecule has 0 saturated carbocycles. The van der Waals surface area contributed by atoms with E-state index in [1.807, 2.05) is 0 Å². The van der Waals surface area contributed by atoms with Gasteiger partial charge in [-0.3, -0.25) is 0 Å². The summed E-state index contributed by atoms with van der Waals surface area (Å²) >= 11 is 5.35. The Kier molecular flexibility index (Phi) is 11.5. The van der Waals surface area contributed by atoms with E-state index in [1.165, 1.54) is 22.0 Å². The Morgan fingerprint density at radius 1 is 0.667 bits per heavy atom. The predicted molar refractivity (Wildman–Crippen MR) is 110 cm³/mol. The molecule has 0 aliphatic carbocycles. The summed E-state index contributed by atoms with van der Waals surface area (Å²) in [6.07, 6.45) is 1.50. The number of rotatable bonds is 3. The first-order valence-electron chi connectivity index (χ1n) is 7.34. The van der Waals surface area contributed by atoms with Crippen LogP contribution in [0.4, 0.5) is 0 Å². The minimum Gasteiger partial charge on any atom is -0.0622 e. The molecular formula is C21H20BrPPd. The Morgan fingerprint density at radius 3 is 1.08 bits per heavy atom. The van der Waals surface area contributed by atoms with Crippen molar-refractivity contribution in [2.24, 2.45) is 0 Å². The summed E-state index contributed by atoms with van der Waals surface area (Å²) in [6, 6.07) is 32.3. The Labute approximate surface area is 164 Å². The first-order chi connectivity index (χ1) is 11.9. The van der Waals surface area contributed by atoms with Crippen molar-refractivity contribution in [1.29, 1.82) is 0 Å². The molecular weight excluding hydrogens is 470 g/mol. The second-order valence-electron chi connectivity index (χ2n) is 4.63. The standard InChI is InChI=1S/C18H15P.C3H5.BrH.Pd/c1-4-10-16(11-5-1)19(17-12-6-2-7-13-17)18-14-8-3-9-15-18;1-3-2;;/h1-15H;3H,1-2H2;1H;/q;-1;;+2/p-1. The summed E-state index contributed by atoms with van der Waals surface area (Å²) in [5.41, 5.74) is 0. The molecule has 3 aromatic carbocycles. The van der Waals surface area contributed by atoms with Gasteiger partial charge in [-0.1, -0.05) is 91.0 Å². The molecule has 0 nitrogen and oxygen atoms in total. The average Bonchev–Trinajstić information content (AvgIpc) is 2.67. The van der Waals surface area contributed by atoms with Gasteiger partial charge in [0.1, 0.15) is 0 Å². The van der Waals surface area contributed by atoms with E-state index in [4.69, 9.17) is 0 Å². The molecule has 0 atom stereocenters. The summed E-state index contributed by atoms with van der Waals surface area (Å²) < 4.78 is 0. The number of hydrogen-bond donors (Lipinski definition) is 0. The van der Waals surface area contributed by atoms with E-state index in [0.29, 0.717) is 0 Å². The van der Waals surface area contributed by atoms with Crippen LogP contribution < -0.4 is 15.9 Å². The summed E-state index contributed by atoms with van der Waals surface area (Å²) in [5, 5.41) is 4.19. The van der Waals surface area contributed by atoms with Crippen LogP contribution in [0.2, 0.25) is 0 Å². The molecule has 0 heterocycles. The van der Waals surface area contributed by atoms with Gasteiger partial charge in [0.15, 0.2) is 0 Å². The second kappa shape index (κ2) is 13.2. The van der Waals surface area contributed by atoms with Gasteiger partial charge in [0, 0.05) is 0 Å². The Hall–Kier alpha value is -1.16. The van der Waals surface area contributed by atoms with Gasteiger partial charge in [0.25, 0.3) is 0 Å². The topological polar surface area (TPSA) is 0 Å². The van der Waals surface area contributed by atoms with Crippen LogP contribution in [-0.4, -0.2) is 0 Å². The van der Waals surface area contributed by atoms with Crippen LogP contribution in [-0.2, 0) is 17.2 Å². The molecule has 3 rings (SSSR count). The minimum absolute atomic E-state index is 0.446. The van der Waals surface area contributed by atoms with Gasteiger partial charge in [-0.2, -0.15) is 0 Å². The van der Waals surface area contributed by atoms with Crippen LogP contribution >= 0.6 is 21.4 Å². The third-order valence-corrected chi connectivity index (χ3v) is 5.49. The predicted octanol–water partition coefficient (Wildman–Crippen LogP) is 5.29. The molecule has 0 fully saturated rings. The summed E-state index contributed by atoms with van der Waals surface area (Å²) in [7, 11) is -0.446. The Morgan fingerprint density at radius 2 is 0.875 bits per heavy atom. The fraction of sp³-hybridized carbons (Fsp3) is 0.